The molecular formula is C29H29ClN2O5. The van der Waals surface area contributed by atoms with Crippen molar-refractivity contribution in [2.45, 2.75) is 26.8 Å². The monoisotopic (exact) mass is 520 g/mol. The van der Waals surface area contributed by atoms with Crippen LogP contribution in [0.4, 0.5) is 11.4 Å². The first-order chi connectivity index (χ1) is 17.7. The summed E-state index contributed by atoms with van der Waals surface area (Å²) in [5.74, 6) is -1.89. The molecule has 2 N–H and O–H groups in total. The number of aliphatic hydroxyl groups is 1. The highest BCUT2D eigenvalue weighted by molar-refractivity contribution is 6.51. The highest BCUT2D eigenvalue weighted by atomic mass is 35.5. The Balaban J connectivity index is 1.94. The maximum absolute atomic E-state index is 13.5. The third-order valence-electron chi connectivity index (χ3n) is 6.53. The van der Waals surface area contributed by atoms with Gasteiger partial charge in [0.2, 0.25) is 0 Å². The number of ketones is 1. The lowest BCUT2D eigenvalue weighted by Crippen LogP contribution is -2.29. The highest BCUT2D eigenvalue weighted by Crippen LogP contribution is 2.45. The first kappa shape index (κ1) is 26.1. The van der Waals surface area contributed by atoms with Crippen LogP contribution >= 0.6 is 11.6 Å². The van der Waals surface area contributed by atoms with Crippen molar-refractivity contribution < 1.29 is 24.5 Å². The van der Waals surface area contributed by atoms with Crippen LogP contribution in [0.5, 0.6) is 11.5 Å². The molecule has 1 aliphatic rings. The predicted octanol–water partition coefficient (Wildman–Crippen LogP) is 5.84. The van der Waals surface area contributed by atoms with Crippen molar-refractivity contribution >= 4 is 40.4 Å². The lowest BCUT2D eigenvalue weighted by Gasteiger charge is -2.27. The zero-order valence-electron chi connectivity index (χ0n) is 21.2. The Morgan fingerprint density at radius 3 is 2.32 bits per heavy atom. The third-order valence-corrected chi connectivity index (χ3v) is 6.81. The SMILES string of the molecule is CCN(CC)c1ccc(N2C(=O)C(=O)/C(=C(/O)c3cc(C)cc(Cl)c3OC)C2c2cccc(O)c2)cc1. The van der Waals surface area contributed by atoms with Gasteiger partial charge in [-0.2, -0.15) is 0 Å². The van der Waals surface area contributed by atoms with Gasteiger partial charge in [-0.15, -0.1) is 0 Å². The molecule has 1 aliphatic heterocycles. The molecular weight excluding hydrogens is 492 g/mol. The maximum atomic E-state index is 13.5. The summed E-state index contributed by atoms with van der Waals surface area (Å²) < 4.78 is 5.42. The molecule has 1 amide bonds. The average Bonchev–Trinajstić information content (AvgIpc) is 3.14. The molecule has 0 spiro atoms. The van der Waals surface area contributed by atoms with Crippen LogP contribution in [0.2, 0.25) is 5.02 Å². The van der Waals surface area contributed by atoms with E-state index < -0.39 is 23.5 Å². The lowest BCUT2D eigenvalue weighted by atomic mass is 9.94. The van der Waals surface area contributed by atoms with Gasteiger partial charge >= 0.3 is 0 Å². The van der Waals surface area contributed by atoms with E-state index >= 15 is 0 Å². The van der Waals surface area contributed by atoms with E-state index in [2.05, 4.69) is 18.7 Å². The fraction of sp³-hybridized carbons (Fsp3) is 0.241. The molecule has 0 radical (unpaired) electrons. The zero-order valence-corrected chi connectivity index (χ0v) is 21.9. The van der Waals surface area contributed by atoms with E-state index in [1.807, 2.05) is 12.1 Å². The van der Waals surface area contributed by atoms with Gasteiger partial charge in [0.15, 0.2) is 0 Å². The van der Waals surface area contributed by atoms with Crippen LogP contribution in [0.1, 0.15) is 36.6 Å². The van der Waals surface area contributed by atoms with Gasteiger partial charge in [0.25, 0.3) is 11.7 Å². The fourth-order valence-electron chi connectivity index (χ4n) is 4.78. The summed E-state index contributed by atoms with van der Waals surface area (Å²) in [6, 6.07) is 16.0. The maximum Gasteiger partial charge on any atom is 0.300 e. The van der Waals surface area contributed by atoms with Crippen LogP contribution in [0.25, 0.3) is 5.76 Å². The summed E-state index contributed by atoms with van der Waals surface area (Å²) in [5, 5.41) is 22.0. The molecule has 0 saturated carbocycles. The molecule has 3 aromatic rings. The number of phenolic OH excluding ortho intramolecular Hbond substituents is 1. The van der Waals surface area contributed by atoms with E-state index in [1.54, 1.807) is 43.3 Å². The van der Waals surface area contributed by atoms with Crippen molar-refractivity contribution in [3.8, 4) is 11.5 Å². The minimum atomic E-state index is -0.990. The molecule has 1 fully saturated rings. The van der Waals surface area contributed by atoms with Crippen LogP contribution in [-0.2, 0) is 9.59 Å². The summed E-state index contributed by atoms with van der Waals surface area (Å²) >= 11 is 6.36. The number of aryl methyl sites for hydroxylation is 1. The Morgan fingerprint density at radius 2 is 1.73 bits per heavy atom. The number of methoxy groups -OCH3 is 1. The molecule has 1 saturated heterocycles. The number of carbonyl (C=O) groups is 2. The molecule has 192 valence electrons. The van der Waals surface area contributed by atoms with Gasteiger partial charge < -0.3 is 19.8 Å². The number of phenols is 1. The predicted molar refractivity (Wildman–Crippen MR) is 146 cm³/mol. The topological polar surface area (TPSA) is 90.3 Å². The molecule has 1 unspecified atom stereocenters. The summed E-state index contributed by atoms with van der Waals surface area (Å²) in [4.78, 5) is 30.4. The van der Waals surface area contributed by atoms with Gasteiger partial charge in [0.05, 0.1) is 29.3 Å². The van der Waals surface area contributed by atoms with Crippen molar-refractivity contribution in [1.29, 1.82) is 0 Å². The number of nitrogens with zero attached hydrogens (tertiary/aromatic N) is 2. The number of hydrogen-bond acceptors (Lipinski definition) is 6. The molecule has 7 nitrogen and oxygen atoms in total. The summed E-state index contributed by atoms with van der Waals surface area (Å²) in [7, 11) is 1.41. The zero-order chi connectivity index (χ0) is 26.9. The van der Waals surface area contributed by atoms with Gasteiger partial charge in [-0.3, -0.25) is 14.5 Å². The van der Waals surface area contributed by atoms with Gasteiger partial charge in [0, 0.05) is 24.5 Å². The van der Waals surface area contributed by atoms with E-state index in [4.69, 9.17) is 16.3 Å². The van der Waals surface area contributed by atoms with Gasteiger partial charge in [-0.25, -0.2) is 0 Å². The van der Waals surface area contributed by atoms with Crippen LogP contribution in [0.3, 0.4) is 0 Å². The molecule has 3 aromatic carbocycles. The normalized spacial score (nSPS) is 16.8. The van der Waals surface area contributed by atoms with E-state index in [9.17, 15) is 19.8 Å². The Bertz CT molecular complexity index is 1380. The molecule has 1 atom stereocenters. The number of amides is 1. The molecule has 8 heteroatoms. The van der Waals surface area contributed by atoms with Gasteiger partial charge in [-0.05, 0) is 80.4 Å². The quantitative estimate of drug-likeness (QED) is 0.231. The second kappa shape index (κ2) is 10.6. The summed E-state index contributed by atoms with van der Waals surface area (Å²) in [6.07, 6.45) is 0. The number of carbonyl (C=O) groups excluding carboxylic acids is 2. The second-order valence-electron chi connectivity index (χ2n) is 8.78. The van der Waals surface area contributed by atoms with Gasteiger partial charge in [0.1, 0.15) is 17.3 Å². The third kappa shape index (κ3) is 4.74. The van der Waals surface area contributed by atoms with Crippen molar-refractivity contribution in [2.75, 3.05) is 30.0 Å². The molecule has 4 rings (SSSR count). The number of hydrogen-bond donors (Lipinski definition) is 2. The van der Waals surface area contributed by atoms with Crippen LogP contribution in [-0.4, -0.2) is 42.1 Å². The van der Waals surface area contributed by atoms with Crippen LogP contribution in [0, 0.1) is 6.92 Å². The van der Waals surface area contributed by atoms with Crippen molar-refractivity contribution in [2.24, 2.45) is 0 Å². The van der Waals surface area contributed by atoms with E-state index in [0.717, 1.165) is 24.3 Å². The Hall–Kier alpha value is -3.97. The fourth-order valence-corrected chi connectivity index (χ4v) is 5.13. The number of benzene rings is 3. The Labute approximate surface area is 221 Å². The molecule has 0 bridgehead atoms. The standard InChI is InChI=1S/C29H29ClN2O5/c1-5-31(6-2)19-10-12-20(13-11-19)32-25(18-8-7-9-21(33)16-18)24(27(35)29(32)36)26(34)22-14-17(3)15-23(30)28(22)37-4/h7-16,25,33-34H,5-6H2,1-4H3/b26-24+. The highest BCUT2D eigenvalue weighted by Gasteiger charge is 2.47. The number of aliphatic hydroxyl groups excluding tert-OH is 1. The largest absolute Gasteiger partial charge is 0.508 e. The number of ether oxygens (including phenoxy) is 1. The van der Waals surface area contributed by atoms with Crippen LogP contribution in [0.15, 0.2) is 66.2 Å². The second-order valence-corrected chi connectivity index (χ2v) is 9.19. The molecule has 37 heavy (non-hydrogen) atoms. The number of halogens is 1. The smallest absolute Gasteiger partial charge is 0.300 e. The molecule has 1 heterocycles. The van der Waals surface area contributed by atoms with Crippen molar-refractivity contribution in [3.05, 3.63) is 87.9 Å². The number of Topliss-reactive ketones (excluding diaryl/α,β-unsaturated/α-hetero) is 1. The number of aromatic hydroxyl groups is 1. The molecule has 0 aromatic heterocycles. The van der Waals surface area contributed by atoms with E-state index in [1.165, 1.54) is 24.1 Å². The van der Waals surface area contributed by atoms with Crippen molar-refractivity contribution in [1.82, 2.24) is 0 Å². The Kier molecular flexibility index (Phi) is 7.45. The average molecular weight is 521 g/mol. The minimum absolute atomic E-state index is 0.0313. The number of anilines is 2. The lowest BCUT2D eigenvalue weighted by molar-refractivity contribution is -0.132. The first-order valence-electron chi connectivity index (χ1n) is 12.0. The Morgan fingerprint density at radius 1 is 1.05 bits per heavy atom. The summed E-state index contributed by atoms with van der Waals surface area (Å²) in [6.45, 7) is 7.56. The number of rotatable bonds is 7. The van der Waals surface area contributed by atoms with E-state index in [-0.39, 0.29) is 27.7 Å². The molecule has 0 aliphatic carbocycles. The minimum Gasteiger partial charge on any atom is -0.508 e. The van der Waals surface area contributed by atoms with Gasteiger partial charge in [-0.1, -0.05) is 23.7 Å². The first-order valence-corrected chi connectivity index (χ1v) is 12.4. The van der Waals surface area contributed by atoms with E-state index in [0.29, 0.717) is 11.3 Å². The summed E-state index contributed by atoms with van der Waals surface area (Å²) in [5.41, 5.74) is 2.75. The van der Waals surface area contributed by atoms with Crippen molar-refractivity contribution in [3.63, 3.8) is 0 Å². The van der Waals surface area contributed by atoms with Crippen LogP contribution < -0.4 is 14.5 Å².